The first-order valence-electron chi connectivity index (χ1n) is 6.06. The van der Waals surface area contributed by atoms with Crippen LogP contribution in [0.5, 0.6) is 5.75 Å². The molecule has 3 aromatic rings. The number of benzene rings is 1. The normalized spacial score (nSPS) is 9.60. The van der Waals surface area contributed by atoms with Crippen LogP contribution in [-0.2, 0) is 17.1 Å². The van der Waals surface area contributed by atoms with Crippen molar-refractivity contribution in [2.24, 2.45) is 4.99 Å². The standard InChI is InChI=1S/C12H10NO.C5H5.Fe/c14-12-7-5-10(6-8-12)9-13-11-3-1-2-4-11;1-2-4-5-3-1;/h1-9,14H;1-5H;/q2*-1;+2. The fourth-order valence-corrected chi connectivity index (χ4v) is 1.48. The zero-order valence-electron chi connectivity index (χ0n) is 10.8. The van der Waals surface area contributed by atoms with Gasteiger partial charge in [-0.15, -0.1) is 0 Å². The fourth-order valence-electron chi connectivity index (χ4n) is 1.48. The van der Waals surface area contributed by atoms with Crippen LogP contribution in [0.2, 0.25) is 0 Å². The molecule has 102 valence electrons. The summed E-state index contributed by atoms with van der Waals surface area (Å²) in [6.07, 6.45) is 1.77. The van der Waals surface area contributed by atoms with Gasteiger partial charge >= 0.3 is 17.1 Å². The molecule has 2 nitrogen and oxygen atoms in total. The Morgan fingerprint density at radius 3 is 2.10 bits per heavy atom. The molecule has 0 radical (unpaired) electrons. The molecule has 0 bridgehead atoms. The van der Waals surface area contributed by atoms with Crippen molar-refractivity contribution in [3.63, 3.8) is 0 Å². The second-order valence-corrected chi connectivity index (χ2v) is 3.96. The van der Waals surface area contributed by atoms with Crippen LogP contribution in [-0.4, -0.2) is 11.3 Å². The number of aliphatic imine (C=N–C) groups is 1. The van der Waals surface area contributed by atoms with Gasteiger partial charge in [-0.1, -0.05) is 5.69 Å². The predicted octanol–water partition coefficient (Wildman–Crippen LogP) is 4.26. The Kier molecular flexibility index (Phi) is 7.12. The van der Waals surface area contributed by atoms with Crippen LogP contribution in [0.3, 0.4) is 0 Å². The molecule has 0 saturated carbocycles. The second-order valence-electron chi connectivity index (χ2n) is 3.96. The molecule has 3 rings (SSSR count). The van der Waals surface area contributed by atoms with E-state index in [-0.39, 0.29) is 22.8 Å². The number of phenolic OH excluding ortho intramolecular Hbond substituents is 1. The van der Waals surface area contributed by atoms with Gasteiger partial charge in [0.25, 0.3) is 0 Å². The van der Waals surface area contributed by atoms with Gasteiger partial charge in [-0.05, 0) is 29.8 Å². The van der Waals surface area contributed by atoms with Crippen LogP contribution in [0, 0.1) is 0 Å². The maximum Gasteiger partial charge on any atom is 2.00 e. The number of hydrogen-bond donors (Lipinski definition) is 1. The van der Waals surface area contributed by atoms with E-state index in [4.69, 9.17) is 5.11 Å². The van der Waals surface area contributed by atoms with E-state index in [0.717, 1.165) is 11.3 Å². The minimum atomic E-state index is 0. The maximum atomic E-state index is 9.06. The van der Waals surface area contributed by atoms with Crippen molar-refractivity contribution >= 4 is 11.9 Å². The minimum absolute atomic E-state index is 0. The number of phenols is 1. The number of nitrogens with zero attached hydrogens (tertiary/aromatic N) is 1. The van der Waals surface area contributed by atoms with Crippen molar-refractivity contribution in [2.45, 2.75) is 0 Å². The maximum absolute atomic E-state index is 9.06. The Morgan fingerprint density at radius 1 is 0.900 bits per heavy atom. The van der Waals surface area contributed by atoms with Crippen LogP contribution in [0.15, 0.2) is 83.9 Å². The van der Waals surface area contributed by atoms with Gasteiger partial charge in [-0.2, -0.15) is 42.5 Å². The zero-order chi connectivity index (χ0) is 13.3. The Bertz CT molecular complexity index is 563. The molecule has 0 aliphatic heterocycles. The SMILES string of the molecule is Oc1ccc(C=Nc2cc[cH-]c2)cc1.[Fe+2].c1cc[cH-]c1. The summed E-state index contributed by atoms with van der Waals surface area (Å²) in [5, 5.41) is 9.06. The molecule has 0 aliphatic rings. The average Bonchev–Trinajstić information content (AvgIpc) is 3.14. The topological polar surface area (TPSA) is 32.6 Å². The Morgan fingerprint density at radius 2 is 1.60 bits per heavy atom. The first-order valence-corrected chi connectivity index (χ1v) is 6.06. The van der Waals surface area contributed by atoms with E-state index in [1.165, 1.54) is 0 Å². The molecule has 0 spiro atoms. The van der Waals surface area contributed by atoms with Gasteiger partial charge in [0.1, 0.15) is 5.75 Å². The van der Waals surface area contributed by atoms with Crippen LogP contribution >= 0.6 is 0 Å². The Balaban J connectivity index is 0.000000283. The summed E-state index contributed by atoms with van der Waals surface area (Å²) >= 11 is 0. The van der Waals surface area contributed by atoms with Gasteiger partial charge in [-0.3, -0.25) is 0 Å². The van der Waals surface area contributed by atoms with Crippen molar-refractivity contribution in [1.82, 2.24) is 0 Å². The monoisotopic (exact) mass is 305 g/mol. The summed E-state index contributed by atoms with van der Waals surface area (Å²) in [4.78, 5) is 4.26. The van der Waals surface area contributed by atoms with Gasteiger partial charge in [0.2, 0.25) is 0 Å². The van der Waals surface area contributed by atoms with Gasteiger partial charge in [0.15, 0.2) is 0 Å². The molecule has 0 amide bonds. The van der Waals surface area contributed by atoms with Gasteiger partial charge < -0.3 is 10.1 Å². The van der Waals surface area contributed by atoms with Crippen LogP contribution < -0.4 is 0 Å². The molecule has 0 aliphatic carbocycles. The molecule has 0 saturated heterocycles. The van der Waals surface area contributed by atoms with Crippen molar-refractivity contribution in [3.05, 3.63) is 84.4 Å². The third kappa shape index (κ3) is 5.70. The summed E-state index contributed by atoms with van der Waals surface area (Å²) in [6.45, 7) is 0. The number of hydrogen-bond acceptors (Lipinski definition) is 2. The third-order valence-electron chi connectivity index (χ3n) is 2.46. The minimum Gasteiger partial charge on any atom is -0.508 e. The van der Waals surface area contributed by atoms with Crippen LogP contribution in [0.4, 0.5) is 5.69 Å². The molecule has 0 aromatic heterocycles. The number of aromatic hydroxyl groups is 1. The largest absolute Gasteiger partial charge is 2.00 e. The van der Waals surface area contributed by atoms with Crippen molar-refractivity contribution < 1.29 is 22.2 Å². The molecule has 20 heavy (non-hydrogen) atoms. The van der Waals surface area contributed by atoms with E-state index in [9.17, 15) is 0 Å². The Labute approximate surface area is 129 Å². The average molecular weight is 305 g/mol. The molecular weight excluding hydrogens is 290 g/mol. The molecule has 1 N–H and O–H groups in total. The van der Waals surface area contributed by atoms with Crippen molar-refractivity contribution in [1.29, 1.82) is 0 Å². The van der Waals surface area contributed by atoms with E-state index in [0.29, 0.717) is 0 Å². The zero-order valence-corrected chi connectivity index (χ0v) is 11.9. The molecule has 3 aromatic carbocycles. The van der Waals surface area contributed by atoms with Crippen LogP contribution in [0.1, 0.15) is 5.56 Å². The third-order valence-corrected chi connectivity index (χ3v) is 2.46. The number of rotatable bonds is 2. The van der Waals surface area contributed by atoms with Gasteiger partial charge in [0.05, 0.1) is 0 Å². The molecule has 0 fully saturated rings. The molecule has 3 heteroatoms. The first kappa shape index (κ1) is 16.0. The van der Waals surface area contributed by atoms with Gasteiger partial charge in [-0.25, -0.2) is 12.1 Å². The molecule has 0 unspecified atom stereocenters. The van der Waals surface area contributed by atoms with E-state index >= 15 is 0 Å². The summed E-state index contributed by atoms with van der Waals surface area (Å²) in [5.74, 6) is 0.274. The van der Waals surface area contributed by atoms with Crippen molar-refractivity contribution in [3.8, 4) is 5.75 Å². The van der Waals surface area contributed by atoms with E-state index < -0.39 is 0 Å². The van der Waals surface area contributed by atoms with Crippen LogP contribution in [0.25, 0.3) is 0 Å². The van der Waals surface area contributed by atoms with E-state index in [1.54, 1.807) is 18.3 Å². The summed E-state index contributed by atoms with van der Waals surface area (Å²) in [5.41, 5.74) is 1.92. The molecule has 0 heterocycles. The van der Waals surface area contributed by atoms with Crippen molar-refractivity contribution in [2.75, 3.05) is 0 Å². The molecular formula is C17H15FeNO. The quantitative estimate of drug-likeness (QED) is 0.428. The predicted molar refractivity (Wildman–Crippen MR) is 79.4 cm³/mol. The van der Waals surface area contributed by atoms with E-state index in [2.05, 4.69) is 4.99 Å². The fraction of sp³-hybridized carbons (Fsp3) is 0. The first-order chi connectivity index (χ1) is 9.34. The smallest absolute Gasteiger partial charge is 0.508 e. The summed E-state index contributed by atoms with van der Waals surface area (Å²) in [7, 11) is 0. The molecule has 0 atom stereocenters. The van der Waals surface area contributed by atoms with Gasteiger partial charge in [0, 0.05) is 6.21 Å². The Hall–Kier alpha value is -2.09. The summed E-state index contributed by atoms with van der Waals surface area (Å²) in [6, 6.07) is 24.7. The summed E-state index contributed by atoms with van der Waals surface area (Å²) < 4.78 is 0. The van der Waals surface area contributed by atoms with E-state index in [1.807, 2.05) is 66.7 Å². The second kappa shape index (κ2) is 8.92.